The number of rotatable bonds is 1. The molecule has 2 aliphatic heterocycles. The van der Waals surface area contributed by atoms with E-state index >= 15 is 0 Å². The standard InChI is InChI=1S/C21H18BrN3O2/c1-2-18(26)25-10-9-14-13-5-3-4-6-16(13)23-19(14)21(25)15-11-12(22)7-8-17(15)24-20(21)27/h3-8,11,23H,2,9-10H2,1H3,(H,24,27). The number of nitrogens with zero attached hydrogens (tertiary/aromatic N) is 1. The number of carbonyl (C=O) groups excluding carboxylic acids is 2. The molecular weight excluding hydrogens is 406 g/mol. The van der Waals surface area contributed by atoms with Crippen LogP contribution in [0.1, 0.15) is 30.2 Å². The predicted octanol–water partition coefficient (Wildman–Crippen LogP) is 3.92. The third kappa shape index (κ3) is 2.04. The molecule has 0 aliphatic carbocycles. The van der Waals surface area contributed by atoms with Gasteiger partial charge in [0, 0.05) is 39.6 Å². The monoisotopic (exact) mass is 423 g/mol. The SMILES string of the molecule is CCC(=O)N1CCc2c([nH]c3ccccc23)C12C(=O)Nc1ccc(Br)cc12. The molecule has 0 radical (unpaired) electrons. The zero-order valence-corrected chi connectivity index (χ0v) is 16.4. The Bertz CT molecular complexity index is 1120. The van der Waals surface area contributed by atoms with Crippen molar-refractivity contribution in [1.82, 2.24) is 9.88 Å². The smallest absolute Gasteiger partial charge is 0.261 e. The Morgan fingerprint density at radius 1 is 1.26 bits per heavy atom. The molecule has 0 saturated carbocycles. The molecule has 1 atom stereocenters. The molecular formula is C21H18BrN3O2. The normalized spacial score (nSPS) is 20.7. The van der Waals surface area contributed by atoms with E-state index in [0.717, 1.165) is 44.3 Å². The van der Waals surface area contributed by atoms with Crippen molar-refractivity contribution in [3.63, 3.8) is 0 Å². The molecule has 2 amide bonds. The van der Waals surface area contributed by atoms with Gasteiger partial charge in [-0.15, -0.1) is 0 Å². The Morgan fingerprint density at radius 3 is 2.89 bits per heavy atom. The maximum atomic E-state index is 13.4. The van der Waals surface area contributed by atoms with Crippen LogP contribution in [0.4, 0.5) is 5.69 Å². The third-order valence-electron chi connectivity index (χ3n) is 5.72. The molecule has 136 valence electrons. The van der Waals surface area contributed by atoms with Crippen LogP contribution in [0.2, 0.25) is 0 Å². The second kappa shape index (κ2) is 5.70. The summed E-state index contributed by atoms with van der Waals surface area (Å²) in [7, 11) is 0. The molecule has 3 aromatic rings. The van der Waals surface area contributed by atoms with Crippen LogP contribution in [0.15, 0.2) is 46.9 Å². The average molecular weight is 424 g/mol. The van der Waals surface area contributed by atoms with E-state index in [-0.39, 0.29) is 11.8 Å². The summed E-state index contributed by atoms with van der Waals surface area (Å²) in [5.74, 6) is -0.202. The van der Waals surface area contributed by atoms with E-state index in [4.69, 9.17) is 0 Å². The first kappa shape index (κ1) is 16.6. The summed E-state index contributed by atoms with van der Waals surface area (Å²) in [6.07, 6.45) is 1.08. The molecule has 1 unspecified atom stereocenters. The lowest BCUT2D eigenvalue weighted by Crippen LogP contribution is -2.57. The second-order valence-electron chi connectivity index (χ2n) is 7.03. The number of halogens is 1. The minimum absolute atomic E-state index is 0.0257. The lowest BCUT2D eigenvalue weighted by atomic mass is 9.79. The highest BCUT2D eigenvalue weighted by Crippen LogP contribution is 2.50. The molecule has 2 aliphatic rings. The van der Waals surface area contributed by atoms with Gasteiger partial charge in [0.2, 0.25) is 5.91 Å². The Hall–Kier alpha value is -2.60. The number of benzene rings is 2. The highest BCUT2D eigenvalue weighted by molar-refractivity contribution is 9.10. The van der Waals surface area contributed by atoms with E-state index in [2.05, 4.69) is 32.3 Å². The van der Waals surface area contributed by atoms with Gasteiger partial charge in [0.05, 0.1) is 5.69 Å². The van der Waals surface area contributed by atoms with Crippen LogP contribution in [-0.2, 0) is 21.5 Å². The summed E-state index contributed by atoms with van der Waals surface area (Å²) in [6, 6.07) is 13.8. The van der Waals surface area contributed by atoms with Crippen molar-refractivity contribution in [2.75, 3.05) is 11.9 Å². The van der Waals surface area contributed by atoms with Crippen LogP contribution in [0.5, 0.6) is 0 Å². The summed E-state index contributed by atoms with van der Waals surface area (Å²) in [5, 5.41) is 4.12. The minimum atomic E-state index is -1.15. The number of para-hydroxylation sites is 1. The summed E-state index contributed by atoms with van der Waals surface area (Å²) in [4.78, 5) is 31.6. The molecule has 6 heteroatoms. The number of carbonyl (C=O) groups is 2. The highest BCUT2D eigenvalue weighted by atomic mass is 79.9. The lowest BCUT2D eigenvalue weighted by molar-refractivity contribution is -0.143. The van der Waals surface area contributed by atoms with Gasteiger partial charge >= 0.3 is 0 Å². The Labute approximate surface area is 164 Å². The van der Waals surface area contributed by atoms with Gasteiger partial charge in [-0.05, 0) is 36.2 Å². The van der Waals surface area contributed by atoms with E-state index in [1.165, 1.54) is 0 Å². The van der Waals surface area contributed by atoms with Gasteiger partial charge in [-0.1, -0.05) is 41.1 Å². The van der Waals surface area contributed by atoms with Gasteiger partial charge in [0.15, 0.2) is 5.54 Å². The largest absolute Gasteiger partial charge is 0.355 e. The Balaban J connectivity index is 1.89. The Kier molecular flexibility index (Phi) is 3.49. The van der Waals surface area contributed by atoms with Gasteiger partial charge in [-0.2, -0.15) is 0 Å². The number of H-pyrrole nitrogens is 1. The first-order valence-electron chi connectivity index (χ1n) is 9.09. The van der Waals surface area contributed by atoms with Crippen molar-refractivity contribution in [2.24, 2.45) is 0 Å². The summed E-state index contributed by atoms with van der Waals surface area (Å²) in [5.41, 5.74) is 3.34. The van der Waals surface area contributed by atoms with Gasteiger partial charge < -0.3 is 15.2 Å². The molecule has 1 spiro atoms. The number of aromatic amines is 1. The predicted molar refractivity (Wildman–Crippen MR) is 108 cm³/mol. The molecule has 2 N–H and O–H groups in total. The van der Waals surface area contributed by atoms with Crippen LogP contribution >= 0.6 is 15.9 Å². The fourth-order valence-corrected chi connectivity index (χ4v) is 4.93. The van der Waals surface area contributed by atoms with E-state index in [9.17, 15) is 9.59 Å². The van der Waals surface area contributed by atoms with Crippen LogP contribution in [-0.4, -0.2) is 28.2 Å². The van der Waals surface area contributed by atoms with Gasteiger partial charge in [-0.25, -0.2) is 0 Å². The van der Waals surface area contributed by atoms with Crippen molar-refractivity contribution >= 4 is 44.3 Å². The van der Waals surface area contributed by atoms with Gasteiger partial charge in [0.1, 0.15) is 0 Å². The highest BCUT2D eigenvalue weighted by Gasteiger charge is 2.57. The van der Waals surface area contributed by atoms with E-state index in [1.807, 2.05) is 43.3 Å². The van der Waals surface area contributed by atoms with Crippen LogP contribution in [0.3, 0.4) is 0 Å². The lowest BCUT2D eigenvalue weighted by Gasteiger charge is -2.43. The van der Waals surface area contributed by atoms with Crippen molar-refractivity contribution in [3.8, 4) is 0 Å². The van der Waals surface area contributed by atoms with Crippen LogP contribution < -0.4 is 5.32 Å². The third-order valence-corrected chi connectivity index (χ3v) is 6.21. The van der Waals surface area contributed by atoms with Crippen molar-refractivity contribution < 1.29 is 9.59 Å². The van der Waals surface area contributed by atoms with Crippen LogP contribution in [0.25, 0.3) is 10.9 Å². The second-order valence-corrected chi connectivity index (χ2v) is 7.94. The molecule has 5 rings (SSSR count). The zero-order chi connectivity index (χ0) is 18.8. The van der Waals surface area contributed by atoms with E-state index in [1.54, 1.807) is 4.90 Å². The molecule has 0 bridgehead atoms. The molecule has 27 heavy (non-hydrogen) atoms. The molecule has 2 aromatic carbocycles. The summed E-state index contributed by atoms with van der Waals surface area (Å²) in [6.45, 7) is 2.35. The zero-order valence-electron chi connectivity index (χ0n) is 14.8. The van der Waals surface area contributed by atoms with E-state index < -0.39 is 5.54 Å². The van der Waals surface area contributed by atoms with E-state index in [0.29, 0.717) is 13.0 Å². The maximum Gasteiger partial charge on any atom is 0.261 e. The molecule has 0 fully saturated rings. The number of nitrogens with one attached hydrogen (secondary N) is 2. The average Bonchev–Trinajstić information content (AvgIpc) is 3.19. The summed E-state index contributed by atoms with van der Waals surface area (Å²) >= 11 is 3.53. The van der Waals surface area contributed by atoms with Crippen LogP contribution in [0, 0.1) is 0 Å². The van der Waals surface area contributed by atoms with Crippen molar-refractivity contribution in [2.45, 2.75) is 25.3 Å². The number of hydrogen-bond acceptors (Lipinski definition) is 2. The number of anilines is 1. The number of aromatic nitrogens is 1. The molecule has 5 nitrogen and oxygen atoms in total. The number of amides is 2. The summed E-state index contributed by atoms with van der Waals surface area (Å²) < 4.78 is 0.879. The maximum absolute atomic E-state index is 13.4. The minimum Gasteiger partial charge on any atom is -0.355 e. The fraction of sp³-hybridized carbons (Fsp3) is 0.238. The first-order valence-corrected chi connectivity index (χ1v) is 9.88. The number of fused-ring (bicyclic) bond motifs is 6. The fourth-order valence-electron chi connectivity index (χ4n) is 4.57. The van der Waals surface area contributed by atoms with Crippen molar-refractivity contribution in [1.29, 1.82) is 0 Å². The topological polar surface area (TPSA) is 65.2 Å². The molecule has 3 heterocycles. The Morgan fingerprint density at radius 2 is 2.07 bits per heavy atom. The van der Waals surface area contributed by atoms with Crippen molar-refractivity contribution in [3.05, 3.63) is 63.8 Å². The quantitative estimate of drug-likeness (QED) is 0.622. The van der Waals surface area contributed by atoms with Gasteiger partial charge in [0.25, 0.3) is 5.91 Å². The van der Waals surface area contributed by atoms with Gasteiger partial charge in [-0.3, -0.25) is 9.59 Å². The molecule has 1 aromatic heterocycles. The number of hydrogen-bond donors (Lipinski definition) is 2. The first-order chi connectivity index (χ1) is 13.1. The molecule has 0 saturated heterocycles.